The first-order valence-electron chi connectivity index (χ1n) is 6.74. The number of H-pyrrole nitrogens is 1. The van der Waals surface area contributed by atoms with Gasteiger partial charge >= 0.3 is 0 Å². The lowest BCUT2D eigenvalue weighted by Gasteiger charge is -2.03. The van der Waals surface area contributed by atoms with E-state index in [9.17, 15) is 0 Å². The minimum atomic E-state index is 0.341. The van der Waals surface area contributed by atoms with E-state index in [1.54, 1.807) is 12.4 Å². The fourth-order valence-electron chi connectivity index (χ4n) is 2.15. The first kappa shape index (κ1) is 14.7. The summed E-state index contributed by atoms with van der Waals surface area (Å²) in [6.45, 7) is 0.846. The maximum atomic E-state index is 5.86. The van der Waals surface area contributed by atoms with Gasteiger partial charge in [-0.3, -0.25) is 0 Å². The van der Waals surface area contributed by atoms with Gasteiger partial charge in [-0.2, -0.15) is 0 Å². The normalized spacial score (nSPS) is 10.8. The Kier molecular flexibility index (Phi) is 4.17. The van der Waals surface area contributed by atoms with Gasteiger partial charge < -0.3 is 16.0 Å². The van der Waals surface area contributed by atoms with Crippen molar-refractivity contribution in [3.05, 3.63) is 46.8 Å². The van der Waals surface area contributed by atoms with E-state index in [0.29, 0.717) is 21.9 Å². The van der Waals surface area contributed by atoms with Crippen LogP contribution >= 0.6 is 15.9 Å². The molecule has 0 spiro atoms. The molecule has 2 aromatic heterocycles. The number of nitrogen functional groups attached to an aromatic ring is 1. The Hall–Kier alpha value is -2.25. The number of benzene rings is 1. The Bertz CT molecular complexity index is 781. The molecule has 3 aromatic rings. The highest BCUT2D eigenvalue weighted by Crippen LogP contribution is 2.24. The molecule has 2 heterocycles. The van der Waals surface area contributed by atoms with E-state index in [4.69, 9.17) is 5.73 Å². The SMILES string of the molecule is CNCc1ccc(-c2cnc(-c3nc(Br)cnc3N)[nH]2)cc1. The summed E-state index contributed by atoms with van der Waals surface area (Å²) in [6.07, 6.45) is 3.33. The molecule has 3 rings (SSSR count). The Morgan fingerprint density at radius 3 is 2.68 bits per heavy atom. The van der Waals surface area contributed by atoms with Gasteiger partial charge in [-0.25, -0.2) is 15.0 Å². The third-order valence-corrected chi connectivity index (χ3v) is 3.60. The molecule has 0 amide bonds. The summed E-state index contributed by atoms with van der Waals surface area (Å²) in [5, 5.41) is 3.13. The number of hydrogen-bond acceptors (Lipinski definition) is 5. The van der Waals surface area contributed by atoms with Crippen molar-refractivity contribution in [1.29, 1.82) is 0 Å². The van der Waals surface area contributed by atoms with Crippen molar-refractivity contribution in [1.82, 2.24) is 25.3 Å². The molecule has 0 saturated carbocycles. The van der Waals surface area contributed by atoms with E-state index in [-0.39, 0.29) is 0 Å². The van der Waals surface area contributed by atoms with Crippen molar-refractivity contribution in [2.45, 2.75) is 6.54 Å². The quantitative estimate of drug-likeness (QED) is 0.666. The average Bonchev–Trinajstić information content (AvgIpc) is 3.00. The topological polar surface area (TPSA) is 92.5 Å². The van der Waals surface area contributed by atoms with Gasteiger partial charge in [0.05, 0.1) is 18.1 Å². The van der Waals surface area contributed by atoms with Crippen LogP contribution in [0, 0.1) is 0 Å². The lowest BCUT2D eigenvalue weighted by molar-refractivity contribution is 0.818. The van der Waals surface area contributed by atoms with Crippen LogP contribution in [0.25, 0.3) is 22.8 Å². The first-order valence-corrected chi connectivity index (χ1v) is 7.54. The van der Waals surface area contributed by atoms with Crippen molar-refractivity contribution in [2.24, 2.45) is 0 Å². The minimum absolute atomic E-state index is 0.341. The fraction of sp³-hybridized carbons (Fsp3) is 0.133. The van der Waals surface area contributed by atoms with Gasteiger partial charge in [-0.05, 0) is 34.1 Å². The van der Waals surface area contributed by atoms with Crippen LogP contribution < -0.4 is 11.1 Å². The van der Waals surface area contributed by atoms with E-state index >= 15 is 0 Å². The number of nitrogens with one attached hydrogen (secondary N) is 2. The smallest absolute Gasteiger partial charge is 0.160 e. The van der Waals surface area contributed by atoms with Gasteiger partial charge in [0.2, 0.25) is 0 Å². The van der Waals surface area contributed by atoms with Gasteiger partial charge in [0.25, 0.3) is 0 Å². The molecule has 0 bridgehead atoms. The molecule has 6 nitrogen and oxygen atoms in total. The van der Waals surface area contributed by atoms with Crippen LogP contribution in [-0.4, -0.2) is 27.0 Å². The van der Waals surface area contributed by atoms with Gasteiger partial charge in [0.1, 0.15) is 10.3 Å². The van der Waals surface area contributed by atoms with Crippen LogP contribution in [0.15, 0.2) is 41.3 Å². The lowest BCUT2D eigenvalue weighted by atomic mass is 10.1. The molecule has 112 valence electrons. The molecule has 7 heteroatoms. The summed E-state index contributed by atoms with van der Waals surface area (Å²) in [6, 6.07) is 8.28. The van der Waals surface area contributed by atoms with E-state index < -0.39 is 0 Å². The number of nitrogens with two attached hydrogens (primary N) is 1. The summed E-state index contributed by atoms with van der Waals surface area (Å²) >= 11 is 3.29. The van der Waals surface area contributed by atoms with E-state index in [1.807, 2.05) is 7.05 Å². The second-order valence-electron chi connectivity index (χ2n) is 4.80. The third kappa shape index (κ3) is 3.00. The van der Waals surface area contributed by atoms with Crippen molar-refractivity contribution in [3.8, 4) is 22.8 Å². The van der Waals surface area contributed by atoms with Crippen molar-refractivity contribution >= 4 is 21.7 Å². The highest BCUT2D eigenvalue weighted by Gasteiger charge is 2.11. The Morgan fingerprint density at radius 2 is 1.95 bits per heavy atom. The molecule has 0 atom stereocenters. The van der Waals surface area contributed by atoms with E-state index in [2.05, 4.69) is 65.4 Å². The van der Waals surface area contributed by atoms with Crippen molar-refractivity contribution < 1.29 is 0 Å². The van der Waals surface area contributed by atoms with Crippen LogP contribution in [0.1, 0.15) is 5.56 Å². The Labute approximate surface area is 136 Å². The van der Waals surface area contributed by atoms with Crippen molar-refractivity contribution in [3.63, 3.8) is 0 Å². The van der Waals surface area contributed by atoms with E-state index in [0.717, 1.165) is 17.8 Å². The summed E-state index contributed by atoms with van der Waals surface area (Å²) in [4.78, 5) is 16.0. The molecule has 0 aliphatic rings. The number of imidazole rings is 1. The summed E-state index contributed by atoms with van der Waals surface area (Å²) in [5.41, 5.74) is 9.59. The highest BCUT2D eigenvalue weighted by atomic mass is 79.9. The fourth-order valence-corrected chi connectivity index (χ4v) is 2.43. The van der Waals surface area contributed by atoms with Crippen LogP contribution in [0.2, 0.25) is 0 Å². The molecule has 4 N–H and O–H groups in total. The molecule has 0 radical (unpaired) electrons. The average molecular weight is 359 g/mol. The number of halogens is 1. The second-order valence-corrected chi connectivity index (χ2v) is 5.61. The molecule has 0 unspecified atom stereocenters. The second kappa shape index (κ2) is 6.25. The maximum Gasteiger partial charge on any atom is 0.160 e. The van der Waals surface area contributed by atoms with Crippen LogP contribution in [0.3, 0.4) is 0 Å². The molecule has 0 aliphatic carbocycles. The maximum absolute atomic E-state index is 5.86. The number of aromatic amines is 1. The van der Waals surface area contributed by atoms with Crippen LogP contribution in [0.5, 0.6) is 0 Å². The number of hydrogen-bond donors (Lipinski definition) is 3. The first-order chi connectivity index (χ1) is 10.7. The zero-order chi connectivity index (χ0) is 15.5. The van der Waals surface area contributed by atoms with Crippen LogP contribution in [-0.2, 0) is 6.54 Å². The van der Waals surface area contributed by atoms with Gasteiger partial charge in [0, 0.05) is 6.54 Å². The lowest BCUT2D eigenvalue weighted by Crippen LogP contribution is -2.04. The summed E-state index contributed by atoms with van der Waals surface area (Å²) in [5.74, 6) is 0.939. The monoisotopic (exact) mass is 358 g/mol. The zero-order valence-electron chi connectivity index (χ0n) is 12.0. The highest BCUT2D eigenvalue weighted by molar-refractivity contribution is 9.10. The predicted octanol–water partition coefficient (Wildman–Crippen LogP) is 2.60. The largest absolute Gasteiger partial charge is 0.382 e. The molecule has 22 heavy (non-hydrogen) atoms. The van der Waals surface area contributed by atoms with Crippen molar-refractivity contribution in [2.75, 3.05) is 12.8 Å². The third-order valence-electron chi connectivity index (χ3n) is 3.22. The molecule has 0 aliphatic heterocycles. The molecule has 0 fully saturated rings. The summed E-state index contributed by atoms with van der Waals surface area (Å²) in [7, 11) is 1.93. The van der Waals surface area contributed by atoms with Gasteiger partial charge in [0.15, 0.2) is 11.6 Å². The zero-order valence-corrected chi connectivity index (χ0v) is 13.6. The number of rotatable bonds is 4. The Morgan fingerprint density at radius 1 is 1.18 bits per heavy atom. The predicted molar refractivity (Wildman–Crippen MR) is 89.9 cm³/mol. The molecular formula is C15H15BrN6. The van der Waals surface area contributed by atoms with Gasteiger partial charge in [-0.1, -0.05) is 24.3 Å². The number of aromatic nitrogens is 4. The summed E-state index contributed by atoms with van der Waals surface area (Å²) < 4.78 is 0.617. The number of nitrogens with zero attached hydrogens (tertiary/aromatic N) is 3. The Balaban J connectivity index is 1.91. The van der Waals surface area contributed by atoms with Crippen LogP contribution in [0.4, 0.5) is 5.82 Å². The molecular weight excluding hydrogens is 344 g/mol. The molecule has 0 saturated heterocycles. The van der Waals surface area contributed by atoms with E-state index in [1.165, 1.54) is 5.56 Å². The molecule has 1 aromatic carbocycles. The number of anilines is 1. The minimum Gasteiger partial charge on any atom is -0.382 e. The van der Waals surface area contributed by atoms with Gasteiger partial charge in [-0.15, -0.1) is 0 Å². The standard InChI is InChI=1S/C15H15BrN6/c1-18-6-9-2-4-10(5-3-9)11-7-20-15(21-11)13-14(17)19-8-12(16)22-13/h2-5,7-8,18H,6H2,1H3,(H2,17,19)(H,20,21).